The molecule has 0 aromatic carbocycles. The largest absolute Gasteiger partial charge is 0.476 e. The van der Waals surface area contributed by atoms with Crippen LogP contribution < -0.4 is 0 Å². The molecule has 2 aliphatic rings. The van der Waals surface area contributed by atoms with Crippen molar-refractivity contribution in [3.8, 4) is 0 Å². The summed E-state index contributed by atoms with van der Waals surface area (Å²) >= 11 is 2.71. The van der Waals surface area contributed by atoms with Crippen LogP contribution in [0.2, 0.25) is 0 Å². The van der Waals surface area contributed by atoms with Gasteiger partial charge in [0, 0.05) is 17.7 Å². The molecule has 1 aliphatic carbocycles. The number of aromatic carboxylic acids is 1. The van der Waals surface area contributed by atoms with Crippen molar-refractivity contribution in [1.82, 2.24) is 9.88 Å². The maximum atomic E-state index is 12.2. The molecule has 0 spiro atoms. The van der Waals surface area contributed by atoms with Crippen LogP contribution in [0.25, 0.3) is 0 Å². The van der Waals surface area contributed by atoms with Gasteiger partial charge in [0.2, 0.25) is 0 Å². The molecule has 1 aromatic heterocycles. The van der Waals surface area contributed by atoms with Crippen LogP contribution in [0.5, 0.6) is 0 Å². The van der Waals surface area contributed by atoms with Gasteiger partial charge < -0.3 is 14.9 Å². The van der Waals surface area contributed by atoms with Gasteiger partial charge in [0.1, 0.15) is 6.10 Å². The maximum absolute atomic E-state index is 12.2. The highest BCUT2D eigenvalue weighted by Crippen LogP contribution is 2.33. The van der Waals surface area contributed by atoms with Gasteiger partial charge in [-0.15, -0.1) is 11.3 Å². The third kappa shape index (κ3) is 6.21. The second-order valence-corrected chi connectivity index (χ2v) is 10.6. The molecule has 2 fully saturated rings. The van der Waals surface area contributed by atoms with Crippen molar-refractivity contribution in [1.29, 1.82) is 0 Å². The first-order valence-corrected chi connectivity index (χ1v) is 12.3. The Hall–Kier alpha value is -1.58. The molecule has 1 saturated carbocycles. The average Bonchev–Trinajstić information content (AvgIpc) is 3.38. The zero-order valence-electron chi connectivity index (χ0n) is 17.5. The summed E-state index contributed by atoms with van der Waals surface area (Å²) in [5, 5.41) is 21.2. The summed E-state index contributed by atoms with van der Waals surface area (Å²) < 4.78 is 6.06. The Morgan fingerprint density at radius 1 is 1.47 bits per heavy atom. The number of carboxylic acid groups (broad SMARTS) is 1. The quantitative estimate of drug-likeness (QED) is 0.399. The van der Waals surface area contributed by atoms with Crippen LogP contribution in [-0.2, 0) is 4.74 Å². The molecular weight excluding hydrogens is 424 g/mol. The van der Waals surface area contributed by atoms with E-state index in [2.05, 4.69) is 4.98 Å². The number of thiazole rings is 1. The number of hydrogen-bond acceptors (Lipinski definition) is 7. The molecule has 1 amide bonds. The molecule has 1 aliphatic heterocycles. The standard InChI is InChI=1S/C21H30N2O5S2/c1-14-17(8-5-9-21(2,27)12-15-6-3-4-7-15)23(20(26)28-14)10-11-29-19-22-16(13-30-19)18(24)25/h5,8,13-15,17,27H,3-4,6-7,9-12H2,1-2H3,(H,24,25). The van der Waals surface area contributed by atoms with Crippen LogP contribution in [0.15, 0.2) is 21.9 Å². The Kier molecular flexibility index (Phi) is 7.81. The number of nitrogens with zero attached hydrogens (tertiary/aromatic N) is 2. The SMILES string of the molecule is CC1OC(=O)N(CCSc2nc(C(=O)O)cs2)C1C=CCC(C)(O)CC1CCCC1. The number of carbonyl (C=O) groups excluding carboxylic acids is 1. The highest BCUT2D eigenvalue weighted by molar-refractivity contribution is 8.01. The smallest absolute Gasteiger partial charge is 0.410 e. The summed E-state index contributed by atoms with van der Waals surface area (Å²) in [6.07, 6.45) is 9.66. The first kappa shape index (κ1) is 23.1. The number of hydrogen-bond donors (Lipinski definition) is 2. The van der Waals surface area contributed by atoms with Crippen molar-refractivity contribution in [3.63, 3.8) is 0 Å². The second-order valence-electron chi connectivity index (χ2n) is 8.41. The van der Waals surface area contributed by atoms with E-state index in [1.165, 1.54) is 54.2 Å². The summed E-state index contributed by atoms with van der Waals surface area (Å²) in [6.45, 7) is 4.24. The molecule has 0 radical (unpaired) electrons. The van der Waals surface area contributed by atoms with Crippen molar-refractivity contribution >= 4 is 35.2 Å². The molecule has 7 nitrogen and oxygen atoms in total. The van der Waals surface area contributed by atoms with Crippen LogP contribution in [-0.4, -0.2) is 62.2 Å². The third-order valence-corrected chi connectivity index (χ3v) is 7.72. The first-order chi connectivity index (χ1) is 14.2. The monoisotopic (exact) mass is 454 g/mol. The van der Waals surface area contributed by atoms with Gasteiger partial charge in [-0.2, -0.15) is 0 Å². The Labute approximate surface area is 185 Å². The number of aromatic nitrogens is 1. The summed E-state index contributed by atoms with van der Waals surface area (Å²) in [4.78, 5) is 28.9. The molecule has 2 heterocycles. The Morgan fingerprint density at radius 2 is 2.20 bits per heavy atom. The summed E-state index contributed by atoms with van der Waals surface area (Å²) in [5.41, 5.74) is -0.687. The molecule has 1 saturated heterocycles. The molecule has 3 rings (SSSR count). The Bertz CT molecular complexity index is 773. The fourth-order valence-electron chi connectivity index (χ4n) is 4.21. The topological polar surface area (TPSA) is 100.0 Å². The molecule has 1 aromatic rings. The molecular formula is C21H30N2O5S2. The summed E-state index contributed by atoms with van der Waals surface area (Å²) in [6, 6.07) is -0.175. The Balaban J connectivity index is 1.51. The Morgan fingerprint density at radius 3 is 2.87 bits per heavy atom. The van der Waals surface area contributed by atoms with Crippen molar-refractivity contribution in [2.75, 3.05) is 12.3 Å². The minimum atomic E-state index is -1.04. The number of ether oxygens (including phenoxy) is 1. The number of amides is 1. The predicted octanol–water partition coefficient (Wildman–Crippen LogP) is 4.42. The van der Waals surface area contributed by atoms with Crippen LogP contribution in [0.3, 0.4) is 0 Å². The second kappa shape index (κ2) is 10.2. The van der Waals surface area contributed by atoms with Gasteiger partial charge in [-0.1, -0.05) is 49.6 Å². The van der Waals surface area contributed by atoms with Crippen LogP contribution >= 0.6 is 23.1 Å². The fraction of sp³-hybridized carbons (Fsp3) is 0.667. The molecule has 2 N–H and O–H groups in total. The lowest BCUT2D eigenvalue weighted by Gasteiger charge is -2.26. The third-order valence-electron chi connectivity index (χ3n) is 5.72. The van der Waals surface area contributed by atoms with E-state index in [0.717, 1.165) is 6.42 Å². The maximum Gasteiger partial charge on any atom is 0.410 e. The van der Waals surface area contributed by atoms with Crippen LogP contribution in [0.1, 0.15) is 62.9 Å². The summed E-state index contributed by atoms with van der Waals surface area (Å²) in [5.74, 6) is 0.173. The van der Waals surface area contributed by atoms with E-state index < -0.39 is 11.6 Å². The normalized spacial score (nSPS) is 24.5. The van der Waals surface area contributed by atoms with E-state index in [0.29, 0.717) is 29.0 Å². The van der Waals surface area contributed by atoms with Gasteiger partial charge in [0.15, 0.2) is 10.0 Å². The number of aliphatic hydroxyl groups is 1. The lowest BCUT2D eigenvalue weighted by Crippen LogP contribution is -2.36. The number of carboxylic acids is 1. The fourth-order valence-corrected chi connectivity index (χ4v) is 6.02. The van der Waals surface area contributed by atoms with E-state index in [1.54, 1.807) is 4.90 Å². The molecule has 3 atom stereocenters. The highest BCUT2D eigenvalue weighted by atomic mass is 32.2. The minimum absolute atomic E-state index is 0.0437. The van der Waals surface area contributed by atoms with Gasteiger partial charge in [0.25, 0.3) is 0 Å². The zero-order chi connectivity index (χ0) is 21.7. The molecule has 30 heavy (non-hydrogen) atoms. The van der Waals surface area contributed by atoms with Crippen molar-refractivity contribution in [3.05, 3.63) is 23.2 Å². The minimum Gasteiger partial charge on any atom is -0.476 e. The van der Waals surface area contributed by atoms with E-state index >= 15 is 0 Å². The highest BCUT2D eigenvalue weighted by Gasteiger charge is 2.37. The van der Waals surface area contributed by atoms with E-state index in [9.17, 15) is 14.7 Å². The summed E-state index contributed by atoms with van der Waals surface area (Å²) in [7, 11) is 0. The number of rotatable bonds is 10. The van der Waals surface area contributed by atoms with E-state index in [4.69, 9.17) is 9.84 Å². The van der Waals surface area contributed by atoms with E-state index in [1.807, 2.05) is 26.0 Å². The number of thioether (sulfide) groups is 1. The van der Waals surface area contributed by atoms with Crippen LogP contribution in [0, 0.1) is 5.92 Å². The molecule has 166 valence electrons. The number of carbonyl (C=O) groups is 2. The van der Waals surface area contributed by atoms with Gasteiger partial charge in [-0.25, -0.2) is 14.6 Å². The molecule has 9 heteroatoms. The lowest BCUT2D eigenvalue weighted by molar-refractivity contribution is 0.0372. The van der Waals surface area contributed by atoms with Crippen molar-refractivity contribution < 1.29 is 24.5 Å². The molecule has 0 bridgehead atoms. The van der Waals surface area contributed by atoms with Crippen molar-refractivity contribution in [2.45, 2.75) is 74.5 Å². The van der Waals surface area contributed by atoms with Gasteiger partial charge in [-0.3, -0.25) is 4.90 Å². The van der Waals surface area contributed by atoms with E-state index in [-0.39, 0.29) is 23.9 Å². The van der Waals surface area contributed by atoms with Crippen LogP contribution in [0.4, 0.5) is 4.79 Å². The number of cyclic esters (lactones) is 1. The van der Waals surface area contributed by atoms with Gasteiger partial charge >= 0.3 is 12.1 Å². The zero-order valence-corrected chi connectivity index (χ0v) is 19.1. The van der Waals surface area contributed by atoms with Crippen molar-refractivity contribution in [2.24, 2.45) is 5.92 Å². The molecule has 3 unspecified atom stereocenters. The average molecular weight is 455 g/mol. The predicted molar refractivity (Wildman–Crippen MR) is 117 cm³/mol. The first-order valence-electron chi connectivity index (χ1n) is 10.4. The lowest BCUT2D eigenvalue weighted by atomic mass is 9.88. The van der Waals surface area contributed by atoms with Gasteiger partial charge in [0.05, 0.1) is 11.6 Å². The van der Waals surface area contributed by atoms with Gasteiger partial charge in [-0.05, 0) is 32.6 Å².